The van der Waals surface area contributed by atoms with E-state index in [9.17, 15) is 31.1 Å². The Hall–Kier alpha value is -2.36. The number of amides is 2. The fraction of sp³-hybridized carbons (Fsp3) is 0.188. The van der Waals surface area contributed by atoms with Gasteiger partial charge >= 0.3 is 18.4 Å². The maximum atomic E-state index is 13.3. The van der Waals surface area contributed by atoms with Crippen molar-refractivity contribution in [2.75, 3.05) is 12.4 Å². The van der Waals surface area contributed by atoms with E-state index < -0.39 is 34.4 Å². The molecule has 0 aliphatic rings. The molecule has 0 radical (unpaired) electrons. The molecule has 26 heavy (non-hydrogen) atoms. The van der Waals surface area contributed by atoms with Gasteiger partial charge in [0.05, 0.1) is 11.1 Å². The highest BCUT2D eigenvalue weighted by Crippen LogP contribution is 2.46. The molecule has 2 amide bonds. The largest absolute Gasteiger partial charge is 0.418 e. The maximum Gasteiger partial charge on any atom is 0.418 e. The first-order valence-electron chi connectivity index (χ1n) is 7.06. The molecule has 140 valence electrons. The van der Waals surface area contributed by atoms with Gasteiger partial charge < -0.3 is 10.6 Å². The second-order valence-corrected chi connectivity index (χ2v) is 6.12. The highest BCUT2D eigenvalue weighted by Gasteiger charge is 2.44. The molecule has 0 atom stereocenters. The quantitative estimate of drug-likeness (QED) is 0.663. The fourth-order valence-electron chi connectivity index (χ4n) is 2.10. The van der Waals surface area contributed by atoms with Gasteiger partial charge in [-0.3, -0.25) is 0 Å². The predicted octanol–water partition coefficient (Wildman–Crippen LogP) is 5.63. The van der Waals surface area contributed by atoms with Gasteiger partial charge in [-0.15, -0.1) is 0 Å². The first-order valence-corrected chi connectivity index (χ1v) is 7.88. The van der Waals surface area contributed by atoms with E-state index in [0.29, 0.717) is 17.8 Å². The number of carbonyl (C=O) groups excluding carboxylic acids is 1. The molecule has 10 heteroatoms. The Morgan fingerprint density at radius 1 is 0.962 bits per heavy atom. The normalized spacial score (nSPS) is 12.0. The molecule has 2 rings (SSSR count). The molecule has 0 bridgehead atoms. The van der Waals surface area contributed by atoms with Crippen molar-refractivity contribution in [3.63, 3.8) is 0 Å². The van der Waals surface area contributed by atoms with Crippen molar-refractivity contribution in [1.82, 2.24) is 5.32 Å². The zero-order chi connectivity index (χ0) is 19.5. The summed E-state index contributed by atoms with van der Waals surface area (Å²) in [6, 6.07) is 7.51. The fourth-order valence-corrected chi connectivity index (χ4v) is 3.16. The molecule has 0 heterocycles. The van der Waals surface area contributed by atoms with Crippen LogP contribution in [0.15, 0.2) is 52.3 Å². The number of carbonyl (C=O) groups is 1. The van der Waals surface area contributed by atoms with Crippen LogP contribution >= 0.6 is 11.8 Å². The van der Waals surface area contributed by atoms with E-state index in [4.69, 9.17) is 0 Å². The third-order valence-corrected chi connectivity index (χ3v) is 4.21. The molecular weight excluding hydrogens is 382 g/mol. The second kappa shape index (κ2) is 7.48. The van der Waals surface area contributed by atoms with Gasteiger partial charge in [-0.1, -0.05) is 23.9 Å². The molecule has 0 fully saturated rings. The summed E-state index contributed by atoms with van der Waals surface area (Å²) < 4.78 is 78.7. The number of rotatable bonds is 3. The Morgan fingerprint density at radius 3 is 2.19 bits per heavy atom. The average molecular weight is 394 g/mol. The smallest absolute Gasteiger partial charge is 0.341 e. The summed E-state index contributed by atoms with van der Waals surface area (Å²) in [6.07, 6.45) is -10.3. The molecule has 0 spiro atoms. The van der Waals surface area contributed by atoms with Crippen LogP contribution in [0.2, 0.25) is 0 Å². The minimum absolute atomic E-state index is 0.240. The van der Waals surface area contributed by atoms with E-state index in [0.717, 1.165) is 12.1 Å². The van der Waals surface area contributed by atoms with Crippen LogP contribution in [-0.2, 0) is 12.4 Å². The molecule has 0 aliphatic carbocycles. The molecular formula is C16H12F6N2OS. The van der Waals surface area contributed by atoms with Crippen molar-refractivity contribution < 1.29 is 31.1 Å². The van der Waals surface area contributed by atoms with Crippen LogP contribution < -0.4 is 10.6 Å². The molecule has 0 unspecified atom stereocenters. The Morgan fingerprint density at radius 2 is 1.62 bits per heavy atom. The van der Waals surface area contributed by atoms with E-state index in [-0.39, 0.29) is 10.6 Å². The Kier molecular flexibility index (Phi) is 5.74. The van der Waals surface area contributed by atoms with Gasteiger partial charge in [-0.25, -0.2) is 4.79 Å². The van der Waals surface area contributed by atoms with Crippen LogP contribution in [-0.4, -0.2) is 13.1 Å². The summed E-state index contributed by atoms with van der Waals surface area (Å²) in [5, 5.41) is 4.74. The van der Waals surface area contributed by atoms with Gasteiger partial charge in [-0.2, -0.15) is 26.3 Å². The van der Waals surface area contributed by atoms with E-state index in [1.807, 2.05) is 0 Å². The number of urea groups is 1. The van der Waals surface area contributed by atoms with Gasteiger partial charge in [0.15, 0.2) is 0 Å². The summed E-state index contributed by atoms with van der Waals surface area (Å²) >= 11 is 0.529. The van der Waals surface area contributed by atoms with Crippen molar-refractivity contribution in [1.29, 1.82) is 0 Å². The zero-order valence-electron chi connectivity index (χ0n) is 13.1. The molecule has 2 N–H and O–H groups in total. The van der Waals surface area contributed by atoms with Crippen molar-refractivity contribution in [3.05, 3.63) is 53.6 Å². The minimum Gasteiger partial charge on any atom is -0.341 e. The number of anilines is 1. The predicted molar refractivity (Wildman–Crippen MR) is 85.1 cm³/mol. The van der Waals surface area contributed by atoms with Crippen LogP contribution in [0.5, 0.6) is 0 Å². The number of halogens is 6. The lowest BCUT2D eigenvalue weighted by Gasteiger charge is -2.18. The van der Waals surface area contributed by atoms with Crippen LogP contribution in [0.4, 0.5) is 36.8 Å². The molecule has 0 saturated carbocycles. The average Bonchev–Trinajstić information content (AvgIpc) is 2.53. The Bertz CT molecular complexity index is 804. The SMILES string of the molecule is CNC(=O)Nc1cccc(Sc2cccc(C(F)(F)F)c2C(F)(F)F)c1. The van der Waals surface area contributed by atoms with E-state index in [1.165, 1.54) is 31.3 Å². The number of nitrogens with one attached hydrogen (secondary N) is 2. The monoisotopic (exact) mass is 394 g/mol. The standard InChI is InChI=1S/C16H12F6N2OS/c1-23-14(25)24-9-4-2-5-10(8-9)26-12-7-3-6-11(15(17,18)19)13(12)16(20,21)22/h2-8H,1H3,(H2,23,24,25). The number of alkyl halides is 6. The van der Waals surface area contributed by atoms with Gasteiger partial charge in [0.1, 0.15) is 0 Å². The van der Waals surface area contributed by atoms with Gasteiger partial charge in [-0.05, 0) is 30.3 Å². The van der Waals surface area contributed by atoms with Crippen molar-refractivity contribution in [3.8, 4) is 0 Å². The topological polar surface area (TPSA) is 41.1 Å². The van der Waals surface area contributed by atoms with Crippen molar-refractivity contribution >= 4 is 23.5 Å². The lowest BCUT2D eigenvalue weighted by Crippen LogP contribution is -2.24. The van der Waals surface area contributed by atoms with Crippen LogP contribution in [0, 0.1) is 0 Å². The van der Waals surface area contributed by atoms with E-state index >= 15 is 0 Å². The van der Waals surface area contributed by atoms with Crippen LogP contribution in [0.1, 0.15) is 11.1 Å². The third kappa shape index (κ3) is 4.84. The Labute approximate surface area is 148 Å². The lowest BCUT2D eigenvalue weighted by molar-refractivity contribution is -0.163. The summed E-state index contributed by atoms with van der Waals surface area (Å²) in [5.41, 5.74) is -3.19. The Balaban J connectivity index is 2.44. The molecule has 0 saturated heterocycles. The van der Waals surface area contributed by atoms with Crippen molar-refractivity contribution in [2.45, 2.75) is 22.1 Å². The van der Waals surface area contributed by atoms with Crippen molar-refractivity contribution in [2.24, 2.45) is 0 Å². The second-order valence-electron chi connectivity index (χ2n) is 5.01. The molecule has 3 nitrogen and oxygen atoms in total. The molecule has 0 aliphatic heterocycles. The number of hydrogen-bond donors (Lipinski definition) is 2. The zero-order valence-corrected chi connectivity index (χ0v) is 13.9. The lowest BCUT2D eigenvalue weighted by atomic mass is 10.1. The number of benzene rings is 2. The number of hydrogen-bond acceptors (Lipinski definition) is 2. The highest BCUT2D eigenvalue weighted by atomic mass is 32.2. The highest BCUT2D eigenvalue weighted by molar-refractivity contribution is 7.99. The first kappa shape index (κ1) is 20.0. The molecule has 0 aromatic heterocycles. The maximum absolute atomic E-state index is 13.3. The summed E-state index contributed by atoms with van der Waals surface area (Å²) in [5.74, 6) is 0. The van der Waals surface area contributed by atoms with E-state index in [2.05, 4.69) is 10.6 Å². The molecule has 2 aromatic carbocycles. The minimum atomic E-state index is -5.17. The van der Waals surface area contributed by atoms with Crippen LogP contribution in [0.3, 0.4) is 0 Å². The molecule has 2 aromatic rings. The first-order chi connectivity index (χ1) is 12.0. The summed E-state index contributed by atoms with van der Waals surface area (Å²) in [4.78, 5) is 10.9. The van der Waals surface area contributed by atoms with Crippen LogP contribution in [0.25, 0.3) is 0 Å². The van der Waals surface area contributed by atoms with E-state index in [1.54, 1.807) is 0 Å². The van der Waals surface area contributed by atoms with Gasteiger partial charge in [0.25, 0.3) is 0 Å². The van der Waals surface area contributed by atoms with Gasteiger partial charge in [0, 0.05) is 22.5 Å². The summed E-state index contributed by atoms with van der Waals surface area (Å²) in [6.45, 7) is 0. The van der Waals surface area contributed by atoms with Gasteiger partial charge in [0.2, 0.25) is 0 Å². The summed E-state index contributed by atoms with van der Waals surface area (Å²) in [7, 11) is 1.38. The third-order valence-electron chi connectivity index (χ3n) is 3.16.